The standard InChI is InChI=1S/C12H22N6O4/c1-11(2,9(13)15-5-7(19)20)17-18-12(3,4)10(14)16-6-8(21)22/h5-6H2,1-4H3,(H2,13,15)(H2,14,16)(H,19,20)(H,21,22)/b18-17+. The number of carboxylic acid groups (broad SMARTS) is 2. The van der Waals surface area contributed by atoms with Gasteiger partial charge in [0.25, 0.3) is 0 Å². The molecule has 0 saturated carbocycles. The highest BCUT2D eigenvalue weighted by Gasteiger charge is 2.28. The van der Waals surface area contributed by atoms with Crippen LogP contribution in [0.15, 0.2) is 10.2 Å². The van der Waals surface area contributed by atoms with Gasteiger partial charge >= 0.3 is 11.9 Å². The molecule has 0 unspecified atom stereocenters. The van der Waals surface area contributed by atoms with E-state index >= 15 is 0 Å². The highest BCUT2D eigenvalue weighted by molar-refractivity contribution is 5.91. The predicted octanol–water partition coefficient (Wildman–Crippen LogP) is 0.299. The minimum atomic E-state index is -1.10. The average molecular weight is 314 g/mol. The highest BCUT2D eigenvalue weighted by Crippen LogP contribution is 2.16. The first kappa shape index (κ1) is 19.5. The Bertz CT molecular complexity index is 454. The first-order valence-corrected chi connectivity index (χ1v) is 6.42. The molecule has 0 heterocycles. The van der Waals surface area contributed by atoms with Gasteiger partial charge in [0.05, 0.1) is 0 Å². The Hall–Kier alpha value is -2.52. The average Bonchev–Trinajstić information content (AvgIpc) is 2.39. The molecule has 0 atom stereocenters. The number of amidine groups is 2. The van der Waals surface area contributed by atoms with Crippen LogP contribution in [-0.4, -0.2) is 58.0 Å². The number of rotatable bonds is 8. The van der Waals surface area contributed by atoms with Crippen molar-refractivity contribution < 1.29 is 19.8 Å². The van der Waals surface area contributed by atoms with E-state index in [0.717, 1.165) is 0 Å². The molecule has 124 valence electrons. The molecule has 6 N–H and O–H groups in total. The molecule has 0 aromatic heterocycles. The predicted molar refractivity (Wildman–Crippen MR) is 79.7 cm³/mol. The van der Waals surface area contributed by atoms with Crippen LogP contribution in [0.1, 0.15) is 27.7 Å². The molecule has 0 aromatic carbocycles. The first-order chi connectivity index (χ1) is 9.88. The summed E-state index contributed by atoms with van der Waals surface area (Å²) in [4.78, 5) is 20.9. The monoisotopic (exact) mass is 314 g/mol. The summed E-state index contributed by atoms with van der Waals surface area (Å²) in [6.07, 6.45) is 0. The van der Waals surface area contributed by atoms with Gasteiger partial charge in [0.15, 0.2) is 0 Å². The molecule has 0 rings (SSSR count). The lowest BCUT2D eigenvalue weighted by Crippen LogP contribution is -2.44. The maximum atomic E-state index is 10.5. The Morgan fingerprint density at radius 1 is 0.864 bits per heavy atom. The van der Waals surface area contributed by atoms with Crippen LogP contribution in [0.4, 0.5) is 0 Å². The maximum Gasteiger partial charge on any atom is 0.322 e. The van der Waals surface area contributed by atoms with Crippen LogP contribution < -0.4 is 10.6 Å². The second-order valence-corrected chi connectivity index (χ2v) is 5.56. The Morgan fingerprint density at radius 2 is 1.14 bits per heavy atom. The summed E-state index contributed by atoms with van der Waals surface area (Å²) in [6, 6.07) is 0. The van der Waals surface area contributed by atoms with Crippen LogP contribution in [0.2, 0.25) is 0 Å². The van der Waals surface area contributed by atoms with E-state index in [-0.39, 0.29) is 11.7 Å². The van der Waals surface area contributed by atoms with Crippen molar-refractivity contribution in [3.63, 3.8) is 0 Å². The summed E-state index contributed by atoms with van der Waals surface area (Å²) in [5.41, 5.74) is -2.19. The van der Waals surface area contributed by atoms with Crippen LogP contribution in [0.25, 0.3) is 0 Å². The van der Waals surface area contributed by atoms with Crippen molar-refractivity contribution in [2.75, 3.05) is 13.1 Å². The molecule has 10 nitrogen and oxygen atoms in total. The summed E-state index contributed by atoms with van der Waals surface area (Å²) in [6.45, 7) is 5.46. The first-order valence-electron chi connectivity index (χ1n) is 6.42. The van der Waals surface area contributed by atoms with Crippen molar-refractivity contribution >= 4 is 23.6 Å². The lowest BCUT2D eigenvalue weighted by atomic mass is 10.0. The van der Waals surface area contributed by atoms with E-state index in [2.05, 4.69) is 20.9 Å². The van der Waals surface area contributed by atoms with Gasteiger partial charge in [-0.15, -0.1) is 0 Å². The van der Waals surface area contributed by atoms with E-state index in [1.54, 1.807) is 27.7 Å². The quantitative estimate of drug-likeness (QED) is 0.213. The number of azo groups is 1. The number of hydrogen-bond donors (Lipinski definition) is 6. The summed E-state index contributed by atoms with van der Waals surface area (Å²) in [5.74, 6) is -2.45. The van der Waals surface area contributed by atoms with Crippen molar-refractivity contribution in [3.8, 4) is 0 Å². The molecule has 0 radical (unpaired) electrons. The lowest BCUT2D eigenvalue weighted by Gasteiger charge is -2.24. The molecule has 0 aromatic rings. The molecule has 0 spiro atoms. The third-order valence-corrected chi connectivity index (χ3v) is 2.61. The molecule has 10 heteroatoms. The maximum absolute atomic E-state index is 10.5. The SMILES string of the molecule is CC(C)(/N=N/C(C)(C)C(=N)NCC(=O)O)C(=N)NCC(=O)O. The van der Waals surface area contributed by atoms with Gasteiger partial charge in [-0.1, -0.05) is 0 Å². The highest BCUT2D eigenvalue weighted by atomic mass is 16.4. The summed E-state index contributed by atoms with van der Waals surface area (Å²) >= 11 is 0. The largest absolute Gasteiger partial charge is 0.480 e. The minimum absolute atomic E-state index is 0.125. The Labute approximate surface area is 128 Å². The smallest absolute Gasteiger partial charge is 0.322 e. The Kier molecular flexibility index (Phi) is 6.62. The molecular formula is C12H22N6O4. The third-order valence-electron chi connectivity index (χ3n) is 2.61. The van der Waals surface area contributed by atoms with E-state index in [0.29, 0.717) is 0 Å². The Balaban J connectivity index is 4.82. The zero-order chi connectivity index (χ0) is 17.6. The molecule has 0 bridgehead atoms. The van der Waals surface area contributed by atoms with Gasteiger partial charge in [-0.05, 0) is 27.7 Å². The van der Waals surface area contributed by atoms with Gasteiger partial charge in [0.2, 0.25) is 0 Å². The fourth-order valence-electron chi connectivity index (χ4n) is 1.11. The van der Waals surface area contributed by atoms with E-state index in [4.69, 9.17) is 21.0 Å². The molecule has 0 saturated heterocycles. The minimum Gasteiger partial charge on any atom is -0.480 e. The zero-order valence-corrected chi connectivity index (χ0v) is 13.0. The lowest BCUT2D eigenvalue weighted by molar-refractivity contribution is -0.136. The second-order valence-electron chi connectivity index (χ2n) is 5.56. The van der Waals surface area contributed by atoms with Crippen LogP contribution in [0.3, 0.4) is 0 Å². The number of nitrogens with one attached hydrogen (secondary N) is 4. The molecular weight excluding hydrogens is 292 g/mol. The zero-order valence-electron chi connectivity index (χ0n) is 13.0. The van der Waals surface area contributed by atoms with Gasteiger partial charge < -0.3 is 20.8 Å². The summed E-state index contributed by atoms with van der Waals surface area (Å²) < 4.78 is 0. The Morgan fingerprint density at radius 3 is 1.36 bits per heavy atom. The topological polar surface area (TPSA) is 171 Å². The normalized spacial score (nSPS) is 12.0. The van der Waals surface area contributed by atoms with Gasteiger partial charge in [-0.3, -0.25) is 20.4 Å². The van der Waals surface area contributed by atoms with E-state index in [9.17, 15) is 9.59 Å². The van der Waals surface area contributed by atoms with Gasteiger partial charge in [-0.25, -0.2) is 0 Å². The third kappa shape index (κ3) is 6.77. The van der Waals surface area contributed by atoms with Crippen LogP contribution in [0, 0.1) is 10.8 Å². The number of nitrogens with zero attached hydrogens (tertiary/aromatic N) is 2. The fourth-order valence-corrected chi connectivity index (χ4v) is 1.11. The molecule has 0 fully saturated rings. The van der Waals surface area contributed by atoms with Gasteiger partial charge in [-0.2, -0.15) is 10.2 Å². The number of aliphatic carboxylic acids is 2. The van der Waals surface area contributed by atoms with Crippen molar-refractivity contribution in [3.05, 3.63) is 0 Å². The molecule has 22 heavy (non-hydrogen) atoms. The van der Waals surface area contributed by atoms with Crippen molar-refractivity contribution in [1.82, 2.24) is 10.6 Å². The molecule has 0 aliphatic carbocycles. The number of carboxylic acids is 2. The van der Waals surface area contributed by atoms with E-state index < -0.39 is 36.1 Å². The van der Waals surface area contributed by atoms with Crippen LogP contribution in [0.5, 0.6) is 0 Å². The van der Waals surface area contributed by atoms with Crippen molar-refractivity contribution in [2.45, 2.75) is 38.8 Å². The molecule has 0 aliphatic rings. The molecule has 0 aliphatic heterocycles. The van der Waals surface area contributed by atoms with Gasteiger partial charge in [0.1, 0.15) is 35.8 Å². The van der Waals surface area contributed by atoms with Crippen molar-refractivity contribution in [2.24, 2.45) is 10.2 Å². The number of carbonyl (C=O) groups is 2. The van der Waals surface area contributed by atoms with Crippen LogP contribution >= 0.6 is 0 Å². The summed E-state index contributed by atoms with van der Waals surface area (Å²) in [7, 11) is 0. The summed E-state index contributed by atoms with van der Waals surface area (Å²) in [5, 5.41) is 45.4. The van der Waals surface area contributed by atoms with E-state index in [1.807, 2.05) is 0 Å². The van der Waals surface area contributed by atoms with Gasteiger partial charge in [0, 0.05) is 0 Å². The van der Waals surface area contributed by atoms with Crippen molar-refractivity contribution in [1.29, 1.82) is 10.8 Å². The second kappa shape index (κ2) is 7.48. The molecule has 0 amide bonds. The fraction of sp³-hybridized carbons (Fsp3) is 0.667. The van der Waals surface area contributed by atoms with E-state index in [1.165, 1.54) is 0 Å². The van der Waals surface area contributed by atoms with Crippen LogP contribution in [-0.2, 0) is 9.59 Å². The number of hydrogen-bond acceptors (Lipinski definition) is 6.